The SMILES string of the molecule is CC(=O)O.N#N.NC(CO)C(=O)O. The quantitative estimate of drug-likeness (QED) is 0.384. The third kappa shape index (κ3) is 38.5. The molecular weight excluding hydrogens is 182 g/mol. The average Bonchev–Trinajstić information content (AvgIpc) is 2.05. The van der Waals surface area contributed by atoms with Crippen LogP contribution in [-0.4, -0.2) is 39.9 Å². The van der Waals surface area contributed by atoms with Gasteiger partial charge >= 0.3 is 5.97 Å². The second kappa shape index (κ2) is 12.9. The minimum absolute atomic E-state index is 0.505. The van der Waals surface area contributed by atoms with Crippen LogP contribution in [0.5, 0.6) is 0 Å². The minimum Gasteiger partial charge on any atom is -0.481 e. The number of nitrogens with two attached hydrogens (primary N) is 1. The third-order valence-electron chi connectivity index (χ3n) is 0.514. The Morgan fingerprint density at radius 1 is 1.38 bits per heavy atom. The number of hydrogen-bond donors (Lipinski definition) is 4. The number of aliphatic hydroxyl groups is 1. The first-order valence-corrected chi connectivity index (χ1v) is 2.90. The second-order valence-electron chi connectivity index (χ2n) is 1.65. The first kappa shape index (κ1) is 17.4. The molecule has 0 aromatic carbocycles. The summed E-state index contributed by atoms with van der Waals surface area (Å²) in [5.41, 5.74) is 4.77. The van der Waals surface area contributed by atoms with Crippen molar-refractivity contribution in [1.82, 2.24) is 0 Å². The Balaban J connectivity index is -0.000000142. The molecule has 0 aliphatic rings. The van der Waals surface area contributed by atoms with Gasteiger partial charge in [0.1, 0.15) is 6.04 Å². The number of hydrogen-bond acceptors (Lipinski definition) is 6. The van der Waals surface area contributed by atoms with Gasteiger partial charge in [-0.1, -0.05) is 0 Å². The Morgan fingerprint density at radius 3 is 1.62 bits per heavy atom. The summed E-state index contributed by atoms with van der Waals surface area (Å²) in [6.07, 6.45) is 0. The Bertz CT molecular complexity index is 165. The van der Waals surface area contributed by atoms with Crippen molar-refractivity contribution >= 4 is 11.9 Å². The Hall–Kier alpha value is -1.72. The molecule has 0 rings (SSSR count). The van der Waals surface area contributed by atoms with Crippen LogP contribution in [0, 0.1) is 10.8 Å². The Morgan fingerprint density at radius 2 is 1.62 bits per heavy atom. The standard InChI is InChI=1S/C3H7NO3.C2H4O2.N2/c4-2(1-5)3(6)7;1-2(3)4;1-2/h2,5H,1,4H2,(H,6,7);1H3,(H,3,4);. The normalized spacial score (nSPS) is 9.31. The van der Waals surface area contributed by atoms with Crippen molar-refractivity contribution in [2.75, 3.05) is 6.61 Å². The molecule has 76 valence electrons. The van der Waals surface area contributed by atoms with Crippen molar-refractivity contribution < 1.29 is 24.9 Å². The molecule has 0 amide bonds. The van der Waals surface area contributed by atoms with Crippen LogP contribution < -0.4 is 5.73 Å². The van der Waals surface area contributed by atoms with Gasteiger partial charge in [0.15, 0.2) is 0 Å². The number of rotatable bonds is 2. The van der Waals surface area contributed by atoms with Gasteiger partial charge in [-0.05, 0) is 0 Å². The fourth-order valence-electron chi connectivity index (χ4n) is 0.0781. The van der Waals surface area contributed by atoms with Gasteiger partial charge in [0.05, 0.1) is 6.61 Å². The Labute approximate surface area is 74.0 Å². The predicted octanol–water partition coefficient (Wildman–Crippen LogP) is -1.49. The van der Waals surface area contributed by atoms with E-state index in [1.807, 2.05) is 0 Å². The van der Waals surface area contributed by atoms with Gasteiger partial charge in [-0.3, -0.25) is 9.59 Å². The molecule has 0 aliphatic heterocycles. The zero-order chi connectivity index (χ0) is 11.4. The third-order valence-corrected chi connectivity index (χ3v) is 0.514. The molecule has 0 saturated heterocycles. The number of carboxylic acid groups (broad SMARTS) is 2. The molecule has 0 heterocycles. The average molecular weight is 193 g/mol. The van der Waals surface area contributed by atoms with Crippen molar-refractivity contribution in [1.29, 1.82) is 10.8 Å². The van der Waals surface area contributed by atoms with Crippen LogP contribution in [0.2, 0.25) is 0 Å². The highest BCUT2D eigenvalue weighted by atomic mass is 16.4. The van der Waals surface area contributed by atoms with Crippen LogP contribution in [0.3, 0.4) is 0 Å². The maximum absolute atomic E-state index is 9.65. The molecule has 0 saturated carbocycles. The maximum Gasteiger partial charge on any atom is 0.322 e. The van der Waals surface area contributed by atoms with Gasteiger partial charge in [-0.15, -0.1) is 0 Å². The number of carboxylic acids is 2. The second-order valence-corrected chi connectivity index (χ2v) is 1.65. The van der Waals surface area contributed by atoms with E-state index >= 15 is 0 Å². The first-order valence-electron chi connectivity index (χ1n) is 2.90. The van der Waals surface area contributed by atoms with E-state index in [1.165, 1.54) is 0 Å². The highest BCUT2D eigenvalue weighted by molar-refractivity contribution is 5.73. The zero-order valence-electron chi connectivity index (χ0n) is 6.91. The topological polar surface area (TPSA) is 168 Å². The van der Waals surface area contributed by atoms with Crippen LogP contribution in [0.15, 0.2) is 0 Å². The van der Waals surface area contributed by atoms with Crippen molar-refractivity contribution in [3.05, 3.63) is 0 Å². The lowest BCUT2D eigenvalue weighted by Gasteiger charge is -1.96. The summed E-state index contributed by atoms with van der Waals surface area (Å²) < 4.78 is 0. The number of nitrogens with zero attached hydrogens (tertiary/aromatic N) is 2. The van der Waals surface area contributed by atoms with E-state index in [9.17, 15) is 4.79 Å². The number of carbonyl (C=O) groups is 2. The van der Waals surface area contributed by atoms with Crippen LogP contribution in [0.1, 0.15) is 6.92 Å². The fraction of sp³-hybridized carbons (Fsp3) is 0.600. The van der Waals surface area contributed by atoms with E-state index in [0.717, 1.165) is 6.92 Å². The smallest absolute Gasteiger partial charge is 0.322 e. The number of aliphatic carboxylic acids is 2. The fourth-order valence-corrected chi connectivity index (χ4v) is 0.0781. The van der Waals surface area contributed by atoms with Crippen molar-refractivity contribution in [3.8, 4) is 0 Å². The van der Waals surface area contributed by atoms with E-state index in [-0.39, 0.29) is 0 Å². The summed E-state index contributed by atoms with van der Waals surface area (Å²) >= 11 is 0. The molecule has 8 nitrogen and oxygen atoms in total. The van der Waals surface area contributed by atoms with Gasteiger partial charge in [-0.2, -0.15) is 0 Å². The van der Waals surface area contributed by atoms with E-state index < -0.39 is 24.6 Å². The largest absolute Gasteiger partial charge is 0.481 e. The monoisotopic (exact) mass is 193 g/mol. The molecule has 1 unspecified atom stereocenters. The molecule has 0 fully saturated rings. The molecular formula is C5H11N3O5. The highest BCUT2D eigenvalue weighted by Crippen LogP contribution is 1.71. The van der Waals surface area contributed by atoms with E-state index in [2.05, 4.69) is 0 Å². The molecule has 5 N–H and O–H groups in total. The van der Waals surface area contributed by atoms with Gasteiger partial charge in [0.25, 0.3) is 5.97 Å². The molecule has 0 aromatic heterocycles. The van der Waals surface area contributed by atoms with Gasteiger partial charge in [-0.25, -0.2) is 0 Å². The van der Waals surface area contributed by atoms with E-state index in [0.29, 0.717) is 0 Å². The lowest BCUT2D eigenvalue weighted by atomic mass is 10.3. The highest BCUT2D eigenvalue weighted by Gasteiger charge is 2.06. The summed E-state index contributed by atoms with van der Waals surface area (Å²) in [7, 11) is 0. The van der Waals surface area contributed by atoms with Crippen molar-refractivity contribution in [2.24, 2.45) is 5.73 Å². The maximum atomic E-state index is 9.65. The molecule has 0 aromatic rings. The number of aliphatic hydroxyl groups excluding tert-OH is 1. The summed E-state index contributed by atoms with van der Waals surface area (Å²) in [6.45, 7) is 0.579. The first-order chi connectivity index (χ1) is 5.91. The van der Waals surface area contributed by atoms with Gasteiger partial charge in [0, 0.05) is 17.7 Å². The molecule has 0 aliphatic carbocycles. The van der Waals surface area contributed by atoms with E-state index in [4.69, 9.17) is 36.6 Å². The molecule has 0 radical (unpaired) electrons. The van der Waals surface area contributed by atoms with Gasteiger partial charge < -0.3 is 21.1 Å². The zero-order valence-corrected chi connectivity index (χ0v) is 6.91. The summed E-state index contributed by atoms with van der Waals surface area (Å²) in [4.78, 5) is 18.6. The molecule has 1 atom stereocenters. The molecule has 0 spiro atoms. The van der Waals surface area contributed by atoms with Crippen LogP contribution in [0.25, 0.3) is 0 Å². The van der Waals surface area contributed by atoms with Crippen LogP contribution in [0.4, 0.5) is 0 Å². The van der Waals surface area contributed by atoms with Gasteiger partial charge in [0.2, 0.25) is 0 Å². The lowest BCUT2D eigenvalue weighted by molar-refractivity contribution is -0.139. The molecule has 0 bridgehead atoms. The predicted molar refractivity (Wildman–Crippen MR) is 39.5 cm³/mol. The van der Waals surface area contributed by atoms with E-state index in [1.54, 1.807) is 0 Å². The summed E-state index contributed by atoms with van der Waals surface area (Å²) in [5, 5.41) is 35.3. The summed E-state index contributed by atoms with van der Waals surface area (Å²) in [6, 6.07) is -1.13. The lowest BCUT2D eigenvalue weighted by Crippen LogP contribution is -2.33. The van der Waals surface area contributed by atoms with Crippen molar-refractivity contribution in [3.63, 3.8) is 0 Å². The van der Waals surface area contributed by atoms with Crippen LogP contribution >= 0.6 is 0 Å². The van der Waals surface area contributed by atoms with Crippen molar-refractivity contribution in [2.45, 2.75) is 13.0 Å². The molecule has 13 heavy (non-hydrogen) atoms. The summed E-state index contributed by atoms with van der Waals surface area (Å²) in [5.74, 6) is -2.01. The van der Waals surface area contributed by atoms with Crippen LogP contribution in [-0.2, 0) is 9.59 Å². The molecule has 8 heteroatoms. The minimum atomic E-state index is -1.18. The Kier molecular flexibility index (Phi) is 17.3.